The number of aliphatic hydroxyl groups excluding tert-OH is 1. The molecule has 2 aromatic carbocycles. The highest BCUT2D eigenvalue weighted by Gasteiger charge is 2.27. The zero-order valence-electron chi connectivity index (χ0n) is 16.7. The quantitative estimate of drug-likeness (QED) is 0.698. The van der Waals surface area contributed by atoms with Crippen molar-refractivity contribution in [3.05, 3.63) is 59.4 Å². The van der Waals surface area contributed by atoms with Gasteiger partial charge in [0.05, 0.1) is 17.8 Å². The minimum atomic E-state index is -0.482. The molecule has 1 fully saturated rings. The fraction of sp³-hybridized carbons (Fsp3) is 0.364. The first-order valence-corrected chi connectivity index (χ1v) is 10.0. The van der Waals surface area contributed by atoms with Gasteiger partial charge < -0.3 is 10.4 Å². The Hall–Kier alpha value is -3.06. The Morgan fingerprint density at radius 1 is 1.17 bits per heavy atom. The van der Waals surface area contributed by atoms with Crippen molar-refractivity contribution in [3.8, 4) is 16.8 Å². The van der Waals surface area contributed by atoms with E-state index in [0.29, 0.717) is 12.0 Å². The number of carbonyl (C=O) groups excluding carboxylic acids is 1. The SMILES string of the molecule is CCc1nnnn1-c1cc(C(=O)N[C@H]2CCC[C@@H]2O)cc(-c2ccc(C)cc2)c1. The van der Waals surface area contributed by atoms with E-state index in [0.717, 1.165) is 41.9 Å². The number of aromatic nitrogens is 4. The van der Waals surface area contributed by atoms with Gasteiger partial charge in [-0.15, -0.1) is 5.10 Å². The van der Waals surface area contributed by atoms with Crippen LogP contribution in [0.25, 0.3) is 16.8 Å². The third-order valence-corrected chi connectivity index (χ3v) is 5.46. The van der Waals surface area contributed by atoms with Crippen LogP contribution in [0.4, 0.5) is 0 Å². The third kappa shape index (κ3) is 4.05. The van der Waals surface area contributed by atoms with Crippen molar-refractivity contribution in [3.63, 3.8) is 0 Å². The predicted octanol–water partition coefficient (Wildman–Crippen LogP) is 2.84. The Morgan fingerprint density at radius 2 is 1.97 bits per heavy atom. The lowest BCUT2D eigenvalue weighted by molar-refractivity contribution is 0.0873. The average Bonchev–Trinajstić information content (AvgIpc) is 3.37. The molecule has 0 saturated heterocycles. The minimum Gasteiger partial charge on any atom is -0.391 e. The van der Waals surface area contributed by atoms with E-state index >= 15 is 0 Å². The largest absolute Gasteiger partial charge is 0.391 e. The standard InChI is InChI=1S/C22H25N5O2/c1-3-21-24-25-26-27(21)18-12-16(15-9-7-14(2)8-10-15)11-17(13-18)22(29)23-19-5-4-6-20(19)28/h7-13,19-20,28H,3-6H2,1-2H3,(H,23,29)/t19-,20-/m0/s1. The predicted molar refractivity (Wildman–Crippen MR) is 110 cm³/mol. The highest BCUT2D eigenvalue weighted by molar-refractivity contribution is 5.96. The van der Waals surface area contributed by atoms with Crippen LogP contribution in [0.5, 0.6) is 0 Å². The van der Waals surface area contributed by atoms with Gasteiger partial charge in [-0.2, -0.15) is 4.68 Å². The van der Waals surface area contributed by atoms with E-state index in [9.17, 15) is 9.90 Å². The number of nitrogens with zero attached hydrogens (tertiary/aromatic N) is 4. The lowest BCUT2D eigenvalue weighted by Crippen LogP contribution is -2.39. The number of aliphatic hydroxyl groups is 1. The first kappa shape index (κ1) is 19.3. The molecule has 1 aliphatic carbocycles. The normalized spacial score (nSPS) is 18.7. The highest BCUT2D eigenvalue weighted by atomic mass is 16.3. The maximum atomic E-state index is 13.0. The monoisotopic (exact) mass is 391 g/mol. The zero-order valence-corrected chi connectivity index (χ0v) is 16.7. The molecule has 0 radical (unpaired) electrons. The van der Waals surface area contributed by atoms with Crippen molar-refractivity contribution >= 4 is 5.91 Å². The first-order chi connectivity index (χ1) is 14.0. The lowest BCUT2D eigenvalue weighted by atomic mass is 10.00. The summed E-state index contributed by atoms with van der Waals surface area (Å²) in [6, 6.07) is 13.6. The Balaban J connectivity index is 1.75. The molecule has 150 valence electrons. The summed E-state index contributed by atoms with van der Waals surface area (Å²) in [4.78, 5) is 13.0. The molecule has 1 aliphatic rings. The van der Waals surface area contributed by atoms with Gasteiger partial charge in [-0.1, -0.05) is 36.8 Å². The molecule has 1 heterocycles. The Labute approximate surface area is 169 Å². The van der Waals surface area contributed by atoms with Crippen LogP contribution in [0.15, 0.2) is 42.5 Å². The van der Waals surface area contributed by atoms with Crippen LogP contribution < -0.4 is 5.32 Å². The maximum absolute atomic E-state index is 13.0. The van der Waals surface area contributed by atoms with Crippen LogP contribution in [-0.4, -0.2) is 43.4 Å². The number of amides is 1. The number of carbonyl (C=O) groups is 1. The van der Waals surface area contributed by atoms with Gasteiger partial charge in [0.2, 0.25) is 0 Å². The molecule has 0 bridgehead atoms. The summed E-state index contributed by atoms with van der Waals surface area (Å²) >= 11 is 0. The van der Waals surface area contributed by atoms with Crippen LogP contribution in [0.2, 0.25) is 0 Å². The number of nitrogens with one attached hydrogen (secondary N) is 1. The van der Waals surface area contributed by atoms with Crippen LogP contribution in [-0.2, 0) is 6.42 Å². The van der Waals surface area contributed by atoms with Crippen molar-refractivity contribution in [1.29, 1.82) is 0 Å². The Morgan fingerprint density at radius 3 is 2.66 bits per heavy atom. The second-order valence-corrected chi connectivity index (χ2v) is 7.57. The molecule has 0 spiro atoms. The zero-order chi connectivity index (χ0) is 20.4. The molecular formula is C22H25N5O2. The van der Waals surface area contributed by atoms with Gasteiger partial charge in [-0.25, -0.2) is 0 Å². The number of benzene rings is 2. The molecule has 3 aromatic rings. The van der Waals surface area contributed by atoms with Gasteiger partial charge >= 0.3 is 0 Å². The van der Waals surface area contributed by atoms with Crippen molar-refractivity contribution in [2.24, 2.45) is 0 Å². The van der Waals surface area contributed by atoms with Crippen LogP contribution in [0.3, 0.4) is 0 Å². The summed E-state index contributed by atoms with van der Waals surface area (Å²) in [5, 5.41) is 25.0. The topological polar surface area (TPSA) is 92.9 Å². The van der Waals surface area contributed by atoms with Gasteiger partial charge in [0.15, 0.2) is 5.82 Å². The number of hydrogen-bond acceptors (Lipinski definition) is 5. The van der Waals surface area contributed by atoms with E-state index in [4.69, 9.17) is 0 Å². The lowest BCUT2D eigenvalue weighted by Gasteiger charge is -2.17. The summed E-state index contributed by atoms with van der Waals surface area (Å²) in [5.74, 6) is 0.529. The van der Waals surface area contributed by atoms with Gasteiger partial charge in [-0.3, -0.25) is 4.79 Å². The van der Waals surface area contributed by atoms with E-state index in [-0.39, 0.29) is 11.9 Å². The summed E-state index contributed by atoms with van der Waals surface area (Å²) < 4.78 is 1.67. The summed E-state index contributed by atoms with van der Waals surface area (Å²) in [5.41, 5.74) is 4.36. The van der Waals surface area contributed by atoms with Gasteiger partial charge in [0, 0.05) is 12.0 Å². The second kappa shape index (κ2) is 8.13. The minimum absolute atomic E-state index is 0.197. The van der Waals surface area contributed by atoms with Crippen molar-refractivity contribution in [2.45, 2.75) is 51.7 Å². The van der Waals surface area contributed by atoms with Crippen LogP contribution in [0, 0.1) is 6.92 Å². The molecule has 2 N–H and O–H groups in total. The number of tetrazole rings is 1. The average molecular weight is 391 g/mol. The molecule has 1 aromatic heterocycles. The summed E-state index contributed by atoms with van der Waals surface area (Å²) in [6.45, 7) is 4.03. The van der Waals surface area contributed by atoms with E-state index < -0.39 is 6.10 Å². The molecule has 4 rings (SSSR count). The van der Waals surface area contributed by atoms with Gasteiger partial charge in [0.1, 0.15) is 0 Å². The van der Waals surface area contributed by atoms with E-state index in [1.807, 2.05) is 50.2 Å². The van der Waals surface area contributed by atoms with Crippen LogP contribution in [0.1, 0.15) is 47.9 Å². The fourth-order valence-corrected chi connectivity index (χ4v) is 3.76. The number of rotatable bonds is 5. The number of aryl methyl sites for hydroxylation is 2. The molecule has 7 nitrogen and oxygen atoms in total. The molecule has 1 amide bonds. The number of hydrogen-bond donors (Lipinski definition) is 2. The van der Waals surface area contributed by atoms with Crippen molar-refractivity contribution in [2.75, 3.05) is 0 Å². The molecular weight excluding hydrogens is 366 g/mol. The van der Waals surface area contributed by atoms with Crippen LogP contribution >= 0.6 is 0 Å². The smallest absolute Gasteiger partial charge is 0.251 e. The molecule has 0 aliphatic heterocycles. The highest BCUT2D eigenvalue weighted by Crippen LogP contribution is 2.26. The maximum Gasteiger partial charge on any atom is 0.251 e. The summed E-state index contributed by atoms with van der Waals surface area (Å²) in [6.07, 6.45) is 2.64. The van der Waals surface area contributed by atoms with Gasteiger partial charge in [0.25, 0.3) is 5.91 Å². The van der Waals surface area contributed by atoms with Crippen molar-refractivity contribution in [1.82, 2.24) is 25.5 Å². The molecule has 29 heavy (non-hydrogen) atoms. The second-order valence-electron chi connectivity index (χ2n) is 7.57. The first-order valence-electron chi connectivity index (χ1n) is 10.0. The molecule has 2 atom stereocenters. The molecule has 7 heteroatoms. The molecule has 1 saturated carbocycles. The third-order valence-electron chi connectivity index (χ3n) is 5.46. The fourth-order valence-electron chi connectivity index (χ4n) is 3.76. The summed E-state index contributed by atoms with van der Waals surface area (Å²) in [7, 11) is 0. The Bertz CT molecular complexity index is 1010. The van der Waals surface area contributed by atoms with E-state index in [2.05, 4.69) is 20.8 Å². The Kier molecular flexibility index (Phi) is 5.40. The molecule has 0 unspecified atom stereocenters. The van der Waals surface area contributed by atoms with Crippen molar-refractivity contribution < 1.29 is 9.90 Å². The van der Waals surface area contributed by atoms with E-state index in [1.54, 1.807) is 10.7 Å². The van der Waals surface area contributed by atoms with E-state index in [1.165, 1.54) is 5.56 Å². The van der Waals surface area contributed by atoms with Gasteiger partial charge in [-0.05, 0) is 65.9 Å².